The predicted octanol–water partition coefficient (Wildman–Crippen LogP) is 1.46. The Hall–Kier alpha value is -1.55. The monoisotopic (exact) mass is 240 g/mol. The Kier molecular flexibility index (Phi) is 4.31. The van der Waals surface area contributed by atoms with Gasteiger partial charge in [0.1, 0.15) is 0 Å². The zero-order valence-electron chi connectivity index (χ0n) is 8.94. The Bertz CT molecular complexity index is 407. The molecule has 0 fully saturated rings. The van der Waals surface area contributed by atoms with Gasteiger partial charge in [-0.1, -0.05) is 11.6 Å². The molecule has 0 heterocycles. The summed E-state index contributed by atoms with van der Waals surface area (Å²) in [6.45, 7) is 2.55. The van der Waals surface area contributed by atoms with Crippen LogP contribution in [0.4, 0.5) is 5.69 Å². The molecule has 2 N–H and O–H groups in total. The lowest BCUT2D eigenvalue weighted by molar-refractivity contribution is -0.116. The minimum absolute atomic E-state index is 0.0823. The summed E-state index contributed by atoms with van der Waals surface area (Å²) in [5, 5.41) is 0.487. The largest absolute Gasteiger partial charge is 0.368 e. The molecule has 0 spiro atoms. The summed E-state index contributed by atoms with van der Waals surface area (Å²) in [5.41, 5.74) is 6.25. The fourth-order valence-electron chi connectivity index (χ4n) is 1.46. The van der Waals surface area contributed by atoms with Crippen molar-refractivity contribution < 1.29 is 9.59 Å². The number of nitrogens with zero attached hydrogens (tertiary/aromatic N) is 1. The van der Waals surface area contributed by atoms with Gasteiger partial charge in [0.15, 0.2) is 6.29 Å². The van der Waals surface area contributed by atoms with E-state index in [4.69, 9.17) is 17.3 Å². The van der Waals surface area contributed by atoms with Crippen LogP contribution in [0.1, 0.15) is 17.3 Å². The van der Waals surface area contributed by atoms with Crippen LogP contribution in [0.5, 0.6) is 0 Å². The Balaban J connectivity index is 3.08. The molecule has 0 aliphatic rings. The Morgan fingerprint density at radius 1 is 1.56 bits per heavy atom. The molecule has 0 atom stereocenters. The fraction of sp³-hybridized carbons (Fsp3) is 0.273. The number of carbonyl (C=O) groups excluding carboxylic acids is 2. The number of halogens is 1. The zero-order chi connectivity index (χ0) is 12.1. The molecule has 0 aliphatic heterocycles. The number of likely N-dealkylation sites (N-methyl/N-ethyl adjacent to an activating group) is 1. The first-order valence-electron chi connectivity index (χ1n) is 4.86. The van der Waals surface area contributed by atoms with E-state index < -0.39 is 5.91 Å². The van der Waals surface area contributed by atoms with Gasteiger partial charge in [0.2, 0.25) is 5.91 Å². The van der Waals surface area contributed by atoms with Crippen molar-refractivity contribution in [1.29, 1.82) is 0 Å². The standard InChI is InChI=1S/C11H13ClN2O2/c1-2-14(6-11(13)16)10-4-3-9(12)5-8(10)7-15/h3-5,7H,2,6H2,1H3,(H2,13,16). The molecule has 0 aromatic heterocycles. The van der Waals surface area contributed by atoms with E-state index in [1.54, 1.807) is 23.1 Å². The summed E-state index contributed by atoms with van der Waals surface area (Å²) in [4.78, 5) is 23.5. The average Bonchev–Trinajstić information content (AvgIpc) is 2.25. The molecule has 86 valence electrons. The lowest BCUT2D eigenvalue weighted by atomic mass is 10.1. The molecule has 0 bridgehead atoms. The number of hydrogen-bond acceptors (Lipinski definition) is 3. The Labute approximate surface area is 99.0 Å². The van der Waals surface area contributed by atoms with E-state index >= 15 is 0 Å². The Morgan fingerprint density at radius 2 is 2.25 bits per heavy atom. The van der Waals surface area contributed by atoms with Crippen LogP contribution in [0, 0.1) is 0 Å². The molecule has 5 heteroatoms. The molecule has 1 aromatic rings. The van der Waals surface area contributed by atoms with Gasteiger partial charge in [0, 0.05) is 22.8 Å². The highest BCUT2D eigenvalue weighted by molar-refractivity contribution is 6.31. The summed E-state index contributed by atoms with van der Waals surface area (Å²) in [5.74, 6) is -0.436. The predicted molar refractivity (Wildman–Crippen MR) is 63.9 cm³/mol. The maximum atomic E-state index is 10.9. The minimum Gasteiger partial charge on any atom is -0.368 e. The molecule has 4 nitrogen and oxygen atoms in total. The summed E-state index contributed by atoms with van der Waals surface area (Å²) in [6.07, 6.45) is 0.713. The molecular formula is C11H13ClN2O2. The number of primary amides is 1. The number of rotatable bonds is 5. The minimum atomic E-state index is -0.436. The van der Waals surface area contributed by atoms with Gasteiger partial charge in [-0.25, -0.2) is 0 Å². The molecule has 1 aromatic carbocycles. The summed E-state index contributed by atoms with van der Waals surface area (Å²) >= 11 is 5.78. The molecular weight excluding hydrogens is 228 g/mol. The second kappa shape index (κ2) is 5.51. The molecule has 0 saturated carbocycles. The van der Waals surface area contributed by atoms with Crippen LogP contribution in [0.25, 0.3) is 0 Å². The van der Waals surface area contributed by atoms with Crippen molar-refractivity contribution >= 4 is 29.5 Å². The van der Waals surface area contributed by atoms with Crippen LogP contribution in [-0.2, 0) is 4.79 Å². The highest BCUT2D eigenvalue weighted by atomic mass is 35.5. The van der Waals surface area contributed by atoms with Crippen LogP contribution >= 0.6 is 11.6 Å². The van der Waals surface area contributed by atoms with E-state index in [2.05, 4.69) is 0 Å². The third-order valence-corrected chi connectivity index (χ3v) is 2.42. The van der Waals surface area contributed by atoms with Crippen molar-refractivity contribution in [2.24, 2.45) is 5.73 Å². The molecule has 16 heavy (non-hydrogen) atoms. The van der Waals surface area contributed by atoms with E-state index in [-0.39, 0.29) is 6.54 Å². The number of hydrogen-bond donors (Lipinski definition) is 1. The topological polar surface area (TPSA) is 63.4 Å². The quantitative estimate of drug-likeness (QED) is 0.793. The van der Waals surface area contributed by atoms with Gasteiger partial charge in [-0.05, 0) is 25.1 Å². The number of nitrogens with two attached hydrogens (primary N) is 1. The highest BCUT2D eigenvalue weighted by Gasteiger charge is 2.11. The van der Waals surface area contributed by atoms with Gasteiger partial charge >= 0.3 is 0 Å². The van der Waals surface area contributed by atoms with Crippen LogP contribution in [0.15, 0.2) is 18.2 Å². The average molecular weight is 241 g/mol. The maximum Gasteiger partial charge on any atom is 0.236 e. The van der Waals surface area contributed by atoms with Gasteiger partial charge in [-0.3, -0.25) is 9.59 Å². The van der Waals surface area contributed by atoms with E-state index in [0.717, 1.165) is 0 Å². The molecule has 0 aliphatic carbocycles. The number of anilines is 1. The van der Waals surface area contributed by atoms with Gasteiger partial charge in [0.25, 0.3) is 0 Å². The van der Waals surface area contributed by atoms with Crippen LogP contribution < -0.4 is 10.6 Å². The van der Waals surface area contributed by atoms with Crippen molar-refractivity contribution in [2.45, 2.75) is 6.92 Å². The number of aldehydes is 1. The molecule has 0 saturated heterocycles. The molecule has 0 unspecified atom stereocenters. The fourth-order valence-corrected chi connectivity index (χ4v) is 1.64. The van der Waals surface area contributed by atoms with Crippen LogP contribution in [-0.4, -0.2) is 25.3 Å². The summed E-state index contributed by atoms with van der Waals surface area (Å²) < 4.78 is 0. The van der Waals surface area contributed by atoms with Crippen molar-refractivity contribution in [2.75, 3.05) is 18.0 Å². The first-order valence-corrected chi connectivity index (χ1v) is 5.24. The lowest BCUT2D eigenvalue weighted by Gasteiger charge is -2.22. The third-order valence-electron chi connectivity index (χ3n) is 2.19. The summed E-state index contributed by atoms with van der Waals surface area (Å²) in [7, 11) is 0. The second-order valence-corrected chi connectivity index (χ2v) is 3.74. The highest BCUT2D eigenvalue weighted by Crippen LogP contribution is 2.22. The number of benzene rings is 1. The second-order valence-electron chi connectivity index (χ2n) is 3.30. The first kappa shape index (κ1) is 12.5. The van der Waals surface area contributed by atoms with Crippen LogP contribution in [0.2, 0.25) is 5.02 Å². The smallest absolute Gasteiger partial charge is 0.236 e. The Morgan fingerprint density at radius 3 is 2.75 bits per heavy atom. The maximum absolute atomic E-state index is 10.9. The number of carbonyl (C=O) groups is 2. The SMILES string of the molecule is CCN(CC(N)=O)c1ccc(Cl)cc1C=O. The zero-order valence-corrected chi connectivity index (χ0v) is 9.70. The first-order chi connectivity index (χ1) is 7.58. The van der Waals surface area contributed by atoms with Crippen molar-refractivity contribution in [1.82, 2.24) is 0 Å². The molecule has 1 rings (SSSR count). The van der Waals surface area contributed by atoms with E-state index in [0.29, 0.717) is 29.1 Å². The van der Waals surface area contributed by atoms with Gasteiger partial charge in [0.05, 0.1) is 6.54 Å². The summed E-state index contributed by atoms with van der Waals surface area (Å²) in [6, 6.07) is 4.94. The molecule has 0 radical (unpaired) electrons. The molecule has 1 amide bonds. The van der Waals surface area contributed by atoms with Crippen LogP contribution in [0.3, 0.4) is 0 Å². The third kappa shape index (κ3) is 2.97. The van der Waals surface area contributed by atoms with Gasteiger partial charge in [-0.2, -0.15) is 0 Å². The van der Waals surface area contributed by atoms with E-state index in [1.807, 2.05) is 6.92 Å². The van der Waals surface area contributed by atoms with E-state index in [9.17, 15) is 9.59 Å². The van der Waals surface area contributed by atoms with Gasteiger partial charge < -0.3 is 10.6 Å². The lowest BCUT2D eigenvalue weighted by Crippen LogP contribution is -2.34. The van der Waals surface area contributed by atoms with E-state index in [1.165, 1.54) is 0 Å². The number of amides is 1. The van der Waals surface area contributed by atoms with Crippen molar-refractivity contribution in [3.63, 3.8) is 0 Å². The van der Waals surface area contributed by atoms with Gasteiger partial charge in [-0.15, -0.1) is 0 Å². The van der Waals surface area contributed by atoms with Crippen molar-refractivity contribution in [3.05, 3.63) is 28.8 Å². The normalized spacial score (nSPS) is 9.88. The van der Waals surface area contributed by atoms with Crippen molar-refractivity contribution in [3.8, 4) is 0 Å².